The van der Waals surface area contributed by atoms with E-state index in [0.717, 1.165) is 0 Å². The van der Waals surface area contributed by atoms with Gasteiger partial charge in [-0.1, -0.05) is 6.07 Å². The quantitative estimate of drug-likeness (QED) is 0.725. The maximum atomic E-state index is 11.2. The first-order valence-electron chi connectivity index (χ1n) is 4.56. The Bertz CT molecular complexity index is 356. The lowest BCUT2D eigenvalue weighted by molar-refractivity contribution is -0.143. The first-order valence-corrected chi connectivity index (χ1v) is 4.56. The van der Waals surface area contributed by atoms with Crippen molar-refractivity contribution in [1.29, 1.82) is 0 Å². The first kappa shape index (κ1) is 10.5. The fraction of sp³-hybridized carbons (Fsp3) is 0.400. The zero-order valence-corrected chi connectivity index (χ0v) is 8.08. The van der Waals surface area contributed by atoms with Crippen LogP contribution in [0.1, 0.15) is 18.9 Å². The Morgan fingerprint density at radius 3 is 3.00 bits per heavy atom. The second kappa shape index (κ2) is 5.21. The normalized spacial score (nSPS) is 9.79. The van der Waals surface area contributed by atoms with Gasteiger partial charge in [0.25, 0.3) is 5.56 Å². The van der Waals surface area contributed by atoms with Gasteiger partial charge in [0, 0.05) is 18.2 Å². The third-order valence-corrected chi connectivity index (χ3v) is 1.80. The third kappa shape index (κ3) is 3.05. The van der Waals surface area contributed by atoms with E-state index in [1.807, 2.05) is 0 Å². The Labute approximate surface area is 81.9 Å². The molecule has 4 heteroatoms. The van der Waals surface area contributed by atoms with Crippen LogP contribution in [0.15, 0.2) is 23.1 Å². The zero-order chi connectivity index (χ0) is 10.4. The highest BCUT2D eigenvalue weighted by Gasteiger charge is 2.04. The van der Waals surface area contributed by atoms with Crippen molar-refractivity contribution in [2.24, 2.45) is 0 Å². The maximum Gasteiger partial charge on any atom is 0.306 e. The summed E-state index contributed by atoms with van der Waals surface area (Å²) in [5.41, 5.74) is 0.470. The molecule has 0 bridgehead atoms. The van der Waals surface area contributed by atoms with Crippen LogP contribution in [0.3, 0.4) is 0 Å². The number of esters is 1. The molecule has 1 heterocycles. The number of hydrogen-bond donors (Lipinski definition) is 1. The minimum atomic E-state index is -0.268. The van der Waals surface area contributed by atoms with E-state index in [1.54, 1.807) is 25.3 Å². The molecule has 0 saturated carbocycles. The lowest BCUT2D eigenvalue weighted by Gasteiger charge is -2.00. The molecule has 1 aromatic heterocycles. The molecular formula is C10H13NO3. The number of nitrogens with one attached hydrogen (secondary N) is 1. The lowest BCUT2D eigenvalue weighted by Crippen LogP contribution is -2.13. The van der Waals surface area contributed by atoms with Crippen molar-refractivity contribution in [2.45, 2.75) is 19.8 Å². The third-order valence-electron chi connectivity index (χ3n) is 1.80. The molecule has 0 fully saturated rings. The van der Waals surface area contributed by atoms with Gasteiger partial charge < -0.3 is 9.72 Å². The zero-order valence-electron chi connectivity index (χ0n) is 8.08. The summed E-state index contributed by atoms with van der Waals surface area (Å²) in [4.78, 5) is 24.7. The Hall–Kier alpha value is -1.58. The number of H-pyrrole nitrogens is 1. The summed E-state index contributed by atoms with van der Waals surface area (Å²) < 4.78 is 4.75. The molecule has 14 heavy (non-hydrogen) atoms. The molecule has 0 radical (unpaired) electrons. The van der Waals surface area contributed by atoms with Gasteiger partial charge in [-0.3, -0.25) is 9.59 Å². The molecular weight excluding hydrogens is 182 g/mol. The van der Waals surface area contributed by atoms with Crippen LogP contribution in [-0.4, -0.2) is 17.6 Å². The van der Waals surface area contributed by atoms with Crippen LogP contribution in [0.2, 0.25) is 0 Å². The molecule has 0 spiro atoms. The number of aryl methyl sites for hydroxylation is 1. The molecule has 4 nitrogen and oxygen atoms in total. The van der Waals surface area contributed by atoms with Crippen molar-refractivity contribution < 1.29 is 9.53 Å². The average molecular weight is 195 g/mol. The number of rotatable bonds is 4. The summed E-state index contributed by atoms with van der Waals surface area (Å²) in [6.07, 6.45) is 2.24. The molecule has 0 unspecified atom stereocenters. The highest BCUT2D eigenvalue weighted by Crippen LogP contribution is 1.97. The fourth-order valence-corrected chi connectivity index (χ4v) is 1.12. The number of ether oxygens (including phenoxy) is 1. The number of carbonyl (C=O) groups is 1. The van der Waals surface area contributed by atoms with Gasteiger partial charge in [-0.2, -0.15) is 0 Å². The van der Waals surface area contributed by atoms with Crippen LogP contribution in [-0.2, 0) is 16.0 Å². The van der Waals surface area contributed by atoms with E-state index in [4.69, 9.17) is 4.74 Å². The number of pyridine rings is 1. The SMILES string of the molecule is CCOC(=O)CCc1ccc[nH]c1=O. The molecule has 1 rings (SSSR count). The Morgan fingerprint density at radius 1 is 1.57 bits per heavy atom. The number of aromatic nitrogens is 1. The van der Waals surface area contributed by atoms with E-state index >= 15 is 0 Å². The minimum absolute atomic E-state index is 0.142. The molecule has 1 N–H and O–H groups in total. The molecule has 0 atom stereocenters. The highest BCUT2D eigenvalue weighted by atomic mass is 16.5. The molecule has 1 aromatic rings. The first-order chi connectivity index (χ1) is 6.74. The Morgan fingerprint density at radius 2 is 2.36 bits per heavy atom. The van der Waals surface area contributed by atoms with Crippen molar-refractivity contribution in [3.05, 3.63) is 34.2 Å². The predicted molar refractivity (Wildman–Crippen MR) is 52.0 cm³/mol. The summed E-state index contributed by atoms with van der Waals surface area (Å²) in [6.45, 7) is 2.14. The predicted octanol–water partition coefficient (Wildman–Crippen LogP) is 0.871. The number of carbonyl (C=O) groups excluding carboxylic acids is 1. The molecule has 0 amide bonds. The molecule has 0 aliphatic carbocycles. The Kier molecular flexibility index (Phi) is 3.91. The second-order valence-electron chi connectivity index (χ2n) is 2.83. The van der Waals surface area contributed by atoms with Crippen LogP contribution in [0, 0.1) is 0 Å². The smallest absolute Gasteiger partial charge is 0.306 e. The summed E-state index contributed by atoms with van der Waals surface area (Å²) in [7, 11) is 0. The van der Waals surface area contributed by atoms with Gasteiger partial charge in [0.15, 0.2) is 0 Å². The average Bonchev–Trinajstić information content (AvgIpc) is 2.17. The van der Waals surface area contributed by atoms with E-state index in [2.05, 4.69) is 4.98 Å². The molecule has 0 aliphatic rings. The summed E-state index contributed by atoms with van der Waals surface area (Å²) in [5, 5.41) is 0. The van der Waals surface area contributed by atoms with Gasteiger partial charge in [-0.25, -0.2) is 0 Å². The lowest BCUT2D eigenvalue weighted by atomic mass is 10.1. The van der Waals surface area contributed by atoms with Crippen molar-refractivity contribution in [1.82, 2.24) is 4.98 Å². The highest BCUT2D eigenvalue weighted by molar-refractivity contribution is 5.69. The molecule has 0 aromatic carbocycles. The van der Waals surface area contributed by atoms with Crippen LogP contribution >= 0.6 is 0 Å². The second-order valence-corrected chi connectivity index (χ2v) is 2.83. The van der Waals surface area contributed by atoms with E-state index in [-0.39, 0.29) is 17.9 Å². The van der Waals surface area contributed by atoms with Gasteiger partial charge in [0.1, 0.15) is 0 Å². The minimum Gasteiger partial charge on any atom is -0.466 e. The van der Waals surface area contributed by atoms with Crippen molar-refractivity contribution in [2.75, 3.05) is 6.61 Å². The van der Waals surface area contributed by atoms with E-state index in [9.17, 15) is 9.59 Å². The molecule has 0 saturated heterocycles. The van der Waals surface area contributed by atoms with E-state index in [0.29, 0.717) is 18.6 Å². The van der Waals surface area contributed by atoms with Crippen molar-refractivity contribution in [3.8, 4) is 0 Å². The van der Waals surface area contributed by atoms with E-state index in [1.165, 1.54) is 0 Å². The van der Waals surface area contributed by atoms with Gasteiger partial charge in [-0.15, -0.1) is 0 Å². The van der Waals surface area contributed by atoms with Crippen LogP contribution in [0.4, 0.5) is 0 Å². The van der Waals surface area contributed by atoms with Gasteiger partial charge in [0.05, 0.1) is 6.61 Å². The summed E-state index contributed by atoms with van der Waals surface area (Å²) >= 11 is 0. The summed E-state index contributed by atoms with van der Waals surface area (Å²) in [5.74, 6) is -0.268. The standard InChI is InChI=1S/C10H13NO3/c1-2-14-9(12)6-5-8-4-3-7-11-10(8)13/h3-4,7H,2,5-6H2,1H3,(H,11,13). The van der Waals surface area contributed by atoms with Crippen LogP contribution in [0.25, 0.3) is 0 Å². The van der Waals surface area contributed by atoms with Gasteiger partial charge in [0.2, 0.25) is 0 Å². The number of hydrogen-bond acceptors (Lipinski definition) is 3. The largest absolute Gasteiger partial charge is 0.466 e. The fourth-order valence-electron chi connectivity index (χ4n) is 1.12. The van der Waals surface area contributed by atoms with Gasteiger partial charge in [-0.05, 0) is 19.4 Å². The van der Waals surface area contributed by atoms with Crippen molar-refractivity contribution >= 4 is 5.97 Å². The van der Waals surface area contributed by atoms with Crippen LogP contribution < -0.4 is 5.56 Å². The summed E-state index contributed by atoms with van der Waals surface area (Å²) in [6, 6.07) is 3.44. The van der Waals surface area contributed by atoms with Gasteiger partial charge >= 0.3 is 5.97 Å². The number of aromatic amines is 1. The van der Waals surface area contributed by atoms with Crippen molar-refractivity contribution in [3.63, 3.8) is 0 Å². The topological polar surface area (TPSA) is 59.2 Å². The molecule has 0 aliphatic heterocycles. The Balaban J connectivity index is 2.50. The maximum absolute atomic E-state index is 11.2. The van der Waals surface area contributed by atoms with Crippen LogP contribution in [0.5, 0.6) is 0 Å². The molecule has 76 valence electrons. The van der Waals surface area contributed by atoms with E-state index < -0.39 is 0 Å². The monoisotopic (exact) mass is 195 g/mol.